The maximum Gasteiger partial charge on any atom is 0.341 e. The van der Waals surface area contributed by atoms with E-state index in [0.717, 1.165) is 0 Å². The second-order valence-corrected chi connectivity index (χ2v) is 5.04. The van der Waals surface area contributed by atoms with Gasteiger partial charge in [0, 0.05) is 6.07 Å². The SMILES string of the molecule is CCOC(=O)Cc1c(C(=O)OCC)cnn1-c1cc(OC)ccc1N. The first-order valence-electron chi connectivity index (χ1n) is 7.85. The van der Waals surface area contributed by atoms with Crippen LogP contribution in [0.25, 0.3) is 5.69 Å². The smallest absolute Gasteiger partial charge is 0.341 e. The average molecular weight is 347 g/mol. The lowest BCUT2D eigenvalue weighted by molar-refractivity contribution is -0.142. The van der Waals surface area contributed by atoms with E-state index in [1.165, 1.54) is 18.0 Å². The molecular weight excluding hydrogens is 326 g/mol. The van der Waals surface area contributed by atoms with E-state index in [1.54, 1.807) is 32.0 Å². The molecule has 1 aromatic heterocycles. The van der Waals surface area contributed by atoms with Gasteiger partial charge in [-0.25, -0.2) is 9.48 Å². The van der Waals surface area contributed by atoms with E-state index in [2.05, 4.69) is 5.10 Å². The van der Waals surface area contributed by atoms with Gasteiger partial charge in [0.1, 0.15) is 11.3 Å². The number of nitrogens with zero attached hydrogens (tertiary/aromatic N) is 2. The lowest BCUT2D eigenvalue weighted by Gasteiger charge is -2.12. The number of carbonyl (C=O) groups excluding carboxylic acids is 2. The Morgan fingerprint density at radius 3 is 2.56 bits per heavy atom. The highest BCUT2D eigenvalue weighted by Crippen LogP contribution is 2.26. The lowest BCUT2D eigenvalue weighted by atomic mass is 10.1. The summed E-state index contributed by atoms with van der Waals surface area (Å²) in [6.45, 7) is 3.86. The molecule has 1 aromatic carbocycles. The van der Waals surface area contributed by atoms with Gasteiger partial charge in [-0.3, -0.25) is 4.79 Å². The van der Waals surface area contributed by atoms with Crippen LogP contribution in [-0.2, 0) is 20.7 Å². The number of ether oxygens (including phenoxy) is 3. The first-order chi connectivity index (χ1) is 12.0. The van der Waals surface area contributed by atoms with Gasteiger partial charge in [-0.2, -0.15) is 5.10 Å². The monoisotopic (exact) mass is 347 g/mol. The summed E-state index contributed by atoms with van der Waals surface area (Å²) in [6, 6.07) is 5.04. The van der Waals surface area contributed by atoms with Crippen molar-refractivity contribution < 1.29 is 23.8 Å². The standard InChI is InChI=1S/C17H21N3O5/c1-4-24-16(21)9-14-12(17(22)25-5-2)10-19-20(14)15-8-11(23-3)6-7-13(15)18/h6-8,10H,4-5,9,18H2,1-3H3. The molecule has 8 heteroatoms. The van der Waals surface area contributed by atoms with Crippen LogP contribution >= 0.6 is 0 Å². The van der Waals surface area contributed by atoms with Gasteiger partial charge in [0.05, 0.1) is 50.0 Å². The number of hydrogen-bond donors (Lipinski definition) is 1. The van der Waals surface area contributed by atoms with Gasteiger partial charge >= 0.3 is 11.9 Å². The molecule has 2 rings (SSSR count). The molecule has 0 atom stereocenters. The van der Waals surface area contributed by atoms with Crippen molar-refractivity contribution in [2.75, 3.05) is 26.1 Å². The summed E-state index contributed by atoms with van der Waals surface area (Å²) in [7, 11) is 1.53. The number of nitrogen functional groups attached to an aromatic ring is 1. The van der Waals surface area contributed by atoms with E-state index in [-0.39, 0.29) is 25.2 Å². The van der Waals surface area contributed by atoms with Crippen molar-refractivity contribution in [1.82, 2.24) is 9.78 Å². The molecule has 0 spiro atoms. The molecule has 0 saturated carbocycles. The highest BCUT2D eigenvalue weighted by molar-refractivity contribution is 5.92. The van der Waals surface area contributed by atoms with Crippen LogP contribution < -0.4 is 10.5 Å². The topological polar surface area (TPSA) is 106 Å². The zero-order valence-electron chi connectivity index (χ0n) is 14.4. The number of rotatable bonds is 7. The fraction of sp³-hybridized carbons (Fsp3) is 0.353. The Kier molecular flexibility index (Phi) is 5.99. The average Bonchev–Trinajstić information content (AvgIpc) is 2.99. The van der Waals surface area contributed by atoms with E-state index >= 15 is 0 Å². The molecule has 0 aliphatic heterocycles. The number of methoxy groups -OCH3 is 1. The fourth-order valence-corrected chi connectivity index (χ4v) is 2.31. The molecule has 0 bridgehead atoms. The van der Waals surface area contributed by atoms with Gasteiger partial charge in [0.2, 0.25) is 0 Å². The molecule has 0 amide bonds. The Morgan fingerprint density at radius 1 is 1.20 bits per heavy atom. The second kappa shape index (κ2) is 8.18. The second-order valence-electron chi connectivity index (χ2n) is 5.04. The van der Waals surface area contributed by atoms with Crippen LogP contribution in [-0.4, -0.2) is 42.0 Å². The van der Waals surface area contributed by atoms with Crippen LogP contribution in [0.1, 0.15) is 29.9 Å². The third-order valence-electron chi connectivity index (χ3n) is 3.45. The van der Waals surface area contributed by atoms with Crippen molar-refractivity contribution >= 4 is 17.6 Å². The molecule has 134 valence electrons. The van der Waals surface area contributed by atoms with Crippen molar-refractivity contribution in [3.63, 3.8) is 0 Å². The molecule has 0 radical (unpaired) electrons. The summed E-state index contributed by atoms with van der Waals surface area (Å²) < 4.78 is 16.7. The van der Waals surface area contributed by atoms with E-state index in [4.69, 9.17) is 19.9 Å². The number of nitrogens with two attached hydrogens (primary N) is 1. The normalized spacial score (nSPS) is 10.4. The summed E-state index contributed by atoms with van der Waals surface area (Å²) in [6.07, 6.45) is 1.21. The minimum absolute atomic E-state index is 0.140. The molecule has 0 saturated heterocycles. The van der Waals surface area contributed by atoms with Gasteiger partial charge in [-0.05, 0) is 26.0 Å². The summed E-state index contributed by atoms with van der Waals surface area (Å²) in [4.78, 5) is 24.1. The zero-order valence-corrected chi connectivity index (χ0v) is 14.4. The highest BCUT2D eigenvalue weighted by atomic mass is 16.5. The molecule has 0 aliphatic rings. The Hall–Kier alpha value is -3.03. The van der Waals surface area contributed by atoms with Crippen molar-refractivity contribution in [1.29, 1.82) is 0 Å². The Labute approximate surface area is 145 Å². The predicted molar refractivity (Wildman–Crippen MR) is 90.8 cm³/mol. The molecule has 1 heterocycles. The quantitative estimate of drug-likeness (QED) is 0.601. The number of esters is 2. The largest absolute Gasteiger partial charge is 0.497 e. The van der Waals surface area contributed by atoms with Crippen molar-refractivity contribution in [2.45, 2.75) is 20.3 Å². The van der Waals surface area contributed by atoms with Crippen molar-refractivity contribution in [3.05, 3.63) is 35.7 Å². The maximum atomic E-state index is 12.2. The summed E-state index contributed by atoms with van der Waals surface area (Å²) in [5, 5.41) is 4.21. The maximum absolute atomic E-state index is 12.2. The van der Waals surface area contributed by atoms with Gasteiger partial charge in [0.15, 0.2) is 0 Å². The van der Waals surface area contributed by atoms with E-state index in [0.29, 0.717) is 22.8 Å². The number of benzene rings is 1. The minimum atomic E-state index is -0.561. The van der Waals surface area contributed by atoms with Gasteiger partial charge in [-0.15, -0.1) is 0 Å². The number of aromatic nitrogens is 2. The highest BCUT2D eigenvalue weighted by Gasteiger charge is 2.23. The third kappa shape index (κ3) is 4.09. The molecule has 0 unspecified atom stereocenters. The van der Waals surface area contributed by atoms with Gasteiger partial charge in [-0.1, -0.05) is 0 Å². The van der Waals surface area contributed by atoms with Gasteiger partial charge < -0.3 is 19.9 Å². The van der Waals surface area contributed by atoms with E-state index < -0.39 is 11.9 Å². The summed E-state index contributed by atoms with van der Waals surface area (Å²) in [5.41, 5.74) is 7.48. The van der Waals surface area contributed by atoms with E-state index in [9.17, 15) is 9.59 Å². The molecule has 2 aromatic rings. The number of anilines is 1. The molecule has 25 heavy (non-hydrogen) atoms. The molecule has 2 N–H and O–H groups in total. The van der Waals surface area contributed by atoms with E-state index in [1.807, 2.05) is 0 Å². The van der Waals surface area contributed by atoms with Crippen LogP contribution in [0.3, 0.4) is 0 Å². The predicted octanol–water partition coefficient (Wildman–Crippen LogP) is 1.75. The fourth-order valence-electron chi connectivity index (χ4n) is 2.31. The minimum Gasteiger partial charge on any atom is -0.497 e. The van der Waals surface area contributed by atoms with Crippen molar-refractivity contribution in [2.24, 2.45) is 0 Å². The summed E-state index contributed by atoms with van der Waals surface area (Å²) >= 11 is 0. The van der Waals surface area contributed by atoms with Crippen LogP contribution in [0.4, 0.5) is 5.69 Å². The molecule has 0 aliphatic carbocycles. The Bertz CT molecular complexity index is 770. The molecular formula is C17H21N3O5. The van der Waals surface area contributed by atoms with Crippen LogP contribution in [0.15, 0.2) is 24.4 Å². The number of carbonyl (C=O) groups is 2. The zero-order chi connectivity index (χ0) is 18.4. The lowest BCUT2D eigenvalue weighted by Crippen LogP contribution is -2.16. The van der Waals surface area contributed by atoms with Crippen LogP contribution in [0.2, 0.25) is 0 Å². The Balaban J connectivity index is 2.54. The molecule has 8 nitrogen and oxygen atoms in total. The molecule has 0 fully saturated rings. The first-order valence-corrected chi connectivity index (χ1v) is 7.85. The van der Waals surface area contributed by atoms with Gasteiger partial charge in [0.25, 0.3) is 0 Å². The third-order valence-corrected chi connectivity index (χ3v) is 3.45. The number of hydrogen-bond acceptors (Lipinski definition) is 7. The van der Waals surface area contributed by atoms with Crippen molar-refractivity contribution in [3.8, 4) is 11.4 Å². The van der Waals surface area contributed by atoms with Crippen LogP contribution in [0, 0.1) is 0 Å². The summed E-state index contributed by atoms with van der Waals surface area (Å²) in [5.74, 6) is -0.467. The Morgan fingerprint density at radius 2 is 1.92 bits per heavy atom. The first kappa shape index (κ1) is 18.3. The van der Waals surface area contributed by atoms with Crippen LogP contribution in [0.5, 0.6) is 5.75 Å².